The van der Waals surface area contributed by atoms with E-state index < -0.39 is 0 Å². The van der Waals surface area contributed by atoms with Crippen LogP contribution in [0.5, 0.6) is 0 Å². The van der Waals surface area contributed by atoms with E-state index in [4.69, 9.17) is 0 Å². The summed E-state index contributed by atoms with van der Waals surface area (Å²) in [6.45, 7) is 8.12. The van der Waals surface area contributed by atoms with E-state index in [-0.39, 0.29) is 0 Å². The molecule has 2 aliphatic rings. The van der Waals surface area contributed by atoms with Crippen LogP contribution in [0, 0.1) is 5.92 Å². The highest BCUT2D eigenvalue weighted by Gasteiger charge is 2.24. The molecule has 1 aromatic heterocycles. The van der Waals surface area contributed by atoms with E-state index in [2.05, 4.69) is 61.9 Å². The van der Waals surface area contributed by atoms with Crippen LogP contribution in [0.4, 0.5) is 0 Å². The SMILES string of the molecule is O=C(CC[C@H]1CCCN(Cc2ccsc2)C1)N1CCN(Cc2ccccc2)CC1. The largest absolute Gasteiger partial charge is 0.340 e. The molecule has 0 N–H and O–H groups in total. The van der Waals surface area contributed by atoms with Crippen molar-refractivity contribution < 1.29 is 4.79 Å². The Morgan fingerprint density at radius 1 is 0.931 bits per heavy atom. The topological polar surface area (TPSA) is 26.8 Å². The zero-order valence-electron chi connectivity index (χ0n) is 17.3. The molecule has 0 radical (unpaired) electrons. The Kier molecular flexibility index (Phi) is 7.36. The van der Waals surface area contributed by atoms with Gasteiger partial charge in [-0.25, -0.2) is 0 Å². The summed E-state index contributed by atoms with van der Waals surface area (Å²) in [5, 5.41) is 4.42. The first-order valence-electron chi connectivity index (χ1n) is 11.0. The quantitative estimate of drug-likeness (QED) is 0.687. The molecule has 4 rings (SSSR count). The molecule has 0 bridgehead atoms. The van der Waals surface area contributed by atoms with Crippen molar-refractivity contribution in [3.63, 3.8) is 0 Å². The van der Waals surface area contributed by atoms with Gasteiger partial charge < -0.3 is 4.90 Å². The molecule has 5 heteroatoms. The lowest BCUT2D eigenvalue weighted by molar-refractivity contribution is -0.133. The van der Waals surface area contributed by atoms with Gasteiger partial charge in [0.2, 0.25) is 5.91 Å². The van der Waals surface area contributed by atoms with Gasteiger partial charge in [-0.05, 0) is 59.7 Å². The van der Waals surface area contributed by atoms with Crippen molar-refractivity contribution in [1.29, 1.82) is 0 Å². The normalized spacial score (nSPS) is 21.4. The number of carbonyl (C=O) groups excluding carboxylic acids is 1. The highest BCUT2D eigenvalue weighted by Crippen LogP contribution is 2.23. The van der Waals surface area contributed by atoms with Gasteiger partial charge >= 0.3 is 0 Å². The molecule has 4 nitrogen and oxygen atoms in total. The monoisotopic (exact) mass is 411 g/mol. The summed E-state index contributed by atoms with van der Waals surface area (Å²) >= 11 is 1.78. The molecular weight excluding hydrogens is 378 g/mol. The fourth-order valence-corrected chi connectivity index (χ4v) is 5.31. The van der Waals surface area contributed by atoms with E-state index in [0.29, 0.717) is 11.8 Å². The van der Waals surface area contributed by atoms with Crippen molar-refractivity contribution in [1.82, 2.24) is 14.7 Å². The summed E-state index contributed by atoms with van der Waals surface area (Å²) in [4.78, 5) is 19.9. The number of hydrogen-bond acceptors (Lipinski definition) is 4. The number of thiophene rings is 1. The Labute approximate surface area is 179 Å². The van der Waals surface area contributed by atoms with E-state index in [0.717, 1.165) is 58.7 Å². The van der Waals surface area contributed by atoms with Crippen molar-refractivity contribution in [3.8, 4) is 0 Å². The van der Waals surface area contributed by atoms with Gasteiger partial charge in [0.05, 0.1) is 0 Å². The lowest BCUT2D eigenvalue weighted by Crippen LogP contribution is -2.48. The van der Waals surface area contributed by atoms with Crippen molar-refractivity contribution in [3.05, 3.63) is 58.3 Å². The minimum Gasteiger partial charge on any atom is -0.340 e. The van der Waals surface area contributed by atoms with E-state index in [1.54, 1.807) is 11.3 Å². The number of carbonyl (C=O) groups is 1. The molecule has 1 atom stereocenters. The van der Waals surface area contributed by atoms with E-state index in [1.807, 2.05) is 0 Å². The van der Waals surface area contributed by atoms with Crippen molar-refractivity contribution >= 4 is 17.2 Å². The second-order valence-electron chi connectivity index (χ2n) is 8.56. The summed E-state index contributed by atoms with van der Waals surface area (Å²) in [5.74, 6) is 1.03. The summed E-state index contributed by atoms with van der Waals surface area (Å²) in [6.07, 6.45) is 4.30. The van der Waals surface area contributed by atoms with Crippen LogP contribution in [-0.4, -0.2) is 59.9 Å². The second kappa shape index (κ2) is 10.4. The Hall–Kier alpha value is -1.69. The van der Waals surface area contributed by atoms with Gasteiger partial charge in [-0.3, -0.25) is 14.6 Å². The van der Waals surface area contributed by atoms with Crippen LogP contribution < -0.4 is 0 Å². The predicted molar refractivity (Wildman–Crippen MR) is 120 cm³/mol. The van der Waals surface area contributed by atoms with Crippen LogP contribution in [0.15, 0.2) is 47.2 Å². The minimum atomic E-state index is 0.360. The molecule has 156 valence electrons. The van der Waals surface area contributed by atoms with Crippen molar-refractivity contribution in [2.24, 2.45) is 5.92 Å². The highest BCUT2D eigenvalue weighted by molar-refractivity contribution is 7.07. The van der Waals surface area contributed by atoms with E-state index >= 15 is 0 Å². The van der Waals surface area contributed by atoms with Crippen LogP contribution >= 0.6 is 11.3 Å². The zero-order chi connectivity index (χ0) is 19.9. The summed E-state index contributed by atoms with van der Waals surface area (Å²) in [7, 11) is 0. The molecule has 1 aromatic carbocycles. The van der Waals surface area contributed by atoms with Gasteiger partial charge in [0.1, 0.15) is 0 Å². The maximum atomic E-state index is 12.7. The Morgan fingerprint density at radius 3 is 2.48 bits per heavy atom. The molecule has 2 fully saturated rings. The summed E-state index contributed by atoms with van der Waals surface area (Å²) < 4.78 is 0. The van der Waals surface area contributed by atoms with Crippen LogP contribution in [-0.2, 0) is 17.9 Å². The lowest BCUT2D eigenvalue weighted by atomic mass is 9.93. The number of benzene rings is 1. The average molecular weight is 412 g/mol. The van der Waals surface area contributed by atoms with Gasteiger partial charge in [-0.1, -0.05) is 30.3 Å². The van der Waals surface area contributed by atoms with Crippen molar-refractivity contribution in [2.75, 3.05) is 39.3 Å². The fraction of sp³-hybridized carbons (Fsp3) is 0.542. The standard InChI is InChI=1S/C24H33N3OS/c28-24(27-14-12-25(13-15-27)17-21-5-2-1-3-6-21)9-8-22-7-4-11-26(18-22)19-23-10-16-29-20-23/h1-3,5-6,10,16,20,22H,4,7-9,11-15,17-19H2/t22-/m1/s1. The van der Waals surface area contributed by atoms with Crippen LogP contribution in [0.2, 0.25) is 0 Å². The van der Waals surface area contributed by atoms with Gasteiger partial charge in [0.25, 0.3) is 0 Å². The van der Waals surface area contributed by atoms with Gasteiger partial charge in [0.15, 0.2) is 0 Å². The molecule has 0 aliphatic carbocycles. The molecule has 3 heterocycles. The lowest BCUT2D eigenvalue weighted by Gasteiger charge is -2.36. The molecule has 0 saturated carbocycles. The minimum absolute atomic E-state index is 0.360. The number of hydrogen-bond donors (Lipinski definition) is 0. The molecule has 0 unspecified atom stereocenters. The number of piperazine rings is 1. The molecule has 1 amide bonds. The molecule has 2 saturated heterocycles. The molecule has 29 heavy (non-hydrogen) atoms. The number of amides is 1. The third kappa shape index (κ3) is 6.14. The number of piperidine rings is 1. The summed E-state index contributed by atoms with van der Waals surface area (Å²) in [6, 6.07) is 12.9. The first-order valence-corrected chi connectivity index (χ1v) is 12.0. The fourth-order valence-electron chi connectivity index (χ4n) is 4.65. The molecule has 2 aromatic rings. The number of nitrogens with zero attached hydrogens (tertiary/aromatic N) is 3. The highest BCUT2D eigenvalue weighted by atomic mass is 32.1. The van der Waals surface area contributed by atoms with Gasteiger partial charge in [-0.2, -0.15) is 11.3 Å². The smallest absolute Gasteiger partial charge is 0.222 e. The average Bonchev–Trinajstić information content (AvgIpc) is 3.27. The maximum Gasteiger partial charge on any atom is 0.222 e. The second-order valence-corrected chi connectivity index (χ2v) is 9.34. The van der Waals surface area contributed by atoms with Gasteiger partial charge in [-0.15, -0.1) is 0 Å². The van der Waals surface area contributed by atoms with Crippen LogP contribution in [0.25, 0.3) is 0 Å². The Balaban J connectivity index is 1.16. The molecule has 2 aliphatic heterocycles. The summed E-state index contributed by atoms with van der Waals surface area (Å²) in [5.41, 5.74) is 2.79. The first kappa shape index (κ1) is 20.6. The third-order valence-corrected chi connectivity index (χ3v) is 7.06. The van der Waals surface area contributed by atoms with Gasteiger partial charge in [0, 0.05) is 52.2 Å². The number of rotatable bonds is 7. The Bertz CT molecular complexity index is 741. The third-order valence-electron chi connectivity index (χ3n) is 6.33. The zero-order valence-corrected chi connectivity index (χ0v) is 18.2. The van der Waals surface area contributed by atoms with E-state index in [1.165, 1.54) is 30.5 Å². The maximum absolute atomic E-state index is 12.7. The predicted octanol–water partition coefficient (Wildman–Crippen LogP) is 4.08. The van der Waals surface area contributed by atoms with E-state index in [9.17, 15) is 4.79 Å². The number of likely N-dealkylation sites (tertiary alicyclic amines) is 1. The van der Waals surface area contributed by atoms with Crippen LogP contribution in [0.3, 0.4) is 0 Å². The first-order chi connectivity index (χ1) is 14.3. The Morgan fingerprint density at radius 2 is 1.72 bits per heavy atom. The van der Waals surface area contributed by atoms with Crippen molar-refractivity contribution in [2.45, 2.75) is 38.8 Å². The molecular formula is C24H33N3OS. The molecule has 0 spiro atoms. The van der Waals surface area contributed by atoms with Crippen LogP contribution in [0.1, 0.15) is 36.8 Å².